The molecular formula is C17H23FN2O3S. The van der Waals surface area contributed by atoms with E-state index in [0.717, 1.165) is 19.5 Å². The maximum Gasteiger partial charge on any atom is 0.216 e. The van der Waals surface area contributed by atoms with Crippen LogP contribution in [0.5, 0.6) is 0 Å². The quantitative estimate of drug-likeness (QED) is 0.871. The zero-order valence-corrected chi connectivity index (χ0v) is 14.3. The third-order valence-electron chi connectivity index (χ3n) is 5.21. The van der Waals surface area contributed by atoms with Gasteiger partial charge in [-0.2, -0.15) is 0 Å². The van der Waals surface area contributed by atoms with E-state index >= 15 is 0 Å². The van der Waals surface area contributed by atoms with Gasteiger partial charge in [-0.05, 0) is 42.9 Å². The van der Waals surface area contributed by atoms with E-state index in [4.69, 9.17) is 4.74 Å². The Morgan fingerprint density at radius 1 is 1.21 bits per heavy atom. The van der Waals surface area contributed by atoms with Gasteiger partial charge in [0.2, 0.25) is 10.0 Å². The minimum Gasteiger partial charge on any atom is -0.375 e. The first kappa shape index (κ1) is 16.4. The Balaban J connectivity index is 1.34. The van der Waals surface area contributed by atoms with Crippen LogP contribution in [0.1, 0.15) is 24.8 Å². The van der Waals surface area contributed by atoms with Crippen LogP contribution >= 0.6 is 0 Å². The lowest BCUT2D eigenvalue weighted by Gasteiger charge is -2.35. The van der Waals surface area contributed by atoms with Crippen LogP contribution in [0.4, 0.5) is 4.39 Å². The van der Waals surface area contributed by atoms with Crippen molar-refractivity contribution in [3.8, 4) is 0 Å². The summed E-state index contributed by atoms with van der Waals surface area (Å²) in [4.78, 5) is 2.37. The van der Waals surface area contributed by atoms with E-state index < -0.39 is 10.0 Å². The average Bonchev–Trinajstić information content (AvgIpc) is 3.29. The highest BCUT2D eigenvalue weighted by Crippen LogP contribution is 2.37. The lowest BCUT2D eigenvalue weighted by atomic mass is 10.1. The maximum absolute atomic E-state index is 12.9. The number of hydrogen-bond acceptors (Lipinski definition) is 4. The zero-order valence-electron chi connectivity index (χ0n) is 13.5. The SMILES string of the molecule is O=S(=O)(Cc1ccc(F)cc1)N[C@@H]1C[C@H]2CO[C@H](C3CC3)CN2C1. The first-order chi connectivity index (χ1) is 11.5. The van der Waals surface area contributed by atoms with Gasteiger partial charge in [0.15, 0.2) is 0 Å². The molecule has 0 aromatic heterocycles. The second kappa shape index (κ2) is 6.37. The molecule has 24 heavy (non-hydrogen) atoms. The molecule has 2 saturated heterocycles. The molecule has 132 valence electrons. The zero-order chi connectivity index (χ0) is 16.7. The fourth-order valence-electron chi connectivity index (χ4n) is 3.83. The Morgan fingerprint density at radius 2 is 1.96 bits per heavy atom. The number of morpholine rings is 1. The molecule has 0 spiro atoms. The van der Waals surface area contributed by atoms with Gasteiger partial charge < -0.3 is 4.74 Å². The molecule has 1 aliphatic carbocycles. The predicted octanol–water partition coefficient (Wildman–Crippen LogP) is 1.50. The van der Waals surface area contributed by atoms with Gasteiger partial charge >= 0.3 is 0 Å². The number of hydrogen-bond donors (Lipinski definition) is 1. The molecule has 1 N–H and O–H groups in total. The van der Waals surface area contributed by atoms with Crippen molar-refractivity contribution in [1.29, 1.82) is 0 Å². The van der Waals surface area contributed by atoms with Gasteiger partial charge in [0, 0.05) is 25.2 Å². The van der Waals surface area contributed by atoms with E-state index in [9.17, 15) is 12.8 Å². The smallest absolute Gasteiger partial charge is 0.216 e. The lowest BCUT2D eigenvalue weighted by molar-refractivity contribution is -0.0581. The molecule has 3 fully saturated rings. The minimum atomic E-state index is -3.43. The molecule has 2 heterocycles. The molecule has 3 aliphatic rings. The van der Waals surface area contributed by atoms with E-state index in [1.165, 1.54) is 37.1 Å². The topological polar surface area (TPSA) is 58.6 Å². The van der Waals surface area contributed by atoms with Crippen LogP contribution in [0.3, 0.4) is 0 Å². The number of ether oxygens (including phenoxy) is 1. The molecule has 0 bridgehead atoms. The van der Waals surface area contributed by atoms with Crippen LogP contribution in [0.25, 0.3) is 0 Å². The van der Waals surface area contributed by atoms with Gasteiger partial charge in [-0.15, -0.1) is 0 Å². The highest BCUT2D eigenvalue weighted by molar-refractivity contribution is 7.88. The Labute approximate surface area is 142 Å². The molecule has 1 aromatic carbocycles. The fraction of sp³-hybridized carbons (Fsp3) is 0.647. The van der Waals surface area contributed by atoms with Crippen molar-refractivity contribution in [3.05, 3.63) is 35.6 Å². The summed E-state index contributed by atoms with van der Waals surface area (Å²) in [5.74, 6) is 0.234. The van der Waals surface area contributed by atoms with Crippen molar-refractivity contribution in [2.45, 2.75) is 43.2 Å². The van der Waals surface area contributed by atoms with Crippen molar-refractivity contribution in [2.24, 2.45) is 5.92 Å². The van der Waals surface area contributed by atoms with Crippen LogP contribution < -0.4 is 4.72 Å². The molecule has 0 radical (unpaired) electrons. The van der Waals surface area contributed by atoms with Gasteiger partial charge in [0.05, 0.1) is 18.5 Å². The third-order valence-corrected chi connectivity index (χ3v) is 6.61. The number of halogens is 1. The largest absolute Gasteiger partial charge is 0.375 e. The maximum atomic E-state index is 12.9. The number of nitrogens with zero attached hydrogens (tertiary/aromatic N) is 1. The van der Waals surface area contributed by atoms with Crippen molar-refractivity contribution < 1.29 is 17.5 Å². The van der Waals surface area contributed by atoms with Crippen molar-refractivity contribution in [3.63, 3.8) is 0 Å². The van der Waals surface area contributed by atoms with Crippen LogP contribution in [0.2, 0.25) is 0 Å². The minimum absolute atomic E-state index is 0.0676. The summed E-state index contributed by atoms with van der Waals surface area (Å²) < 4.78 is 46.4. The number of fused-ring (bicyclic) bond motifs is 1. The van der Waals surface area contributed by atoms with E-state index in [2.05, 4.69) is 9.62 Å². The predicted molar refractivity (Wildman–Crippen MR) is 88.4 cm³/mol. The summed E-state index contributed by atoms with van der Waals surface area (Å²) in [5, 5.41) is 0. The van der Waals surface area contributed by atoms with E-state index in [1.807, 2.05) is 0 Å². The summed E-state index contributed by atoms with van der Waals surface area (Å²) in [6.07, 6.45) is 3.64. The molecule has 7 heteroatoms. The Bertz CT molecular complexity index is 690. The monoisotopic (exact) mass is 354 g/mol. The van der Waals surface area contributed by atoms with Gasteiger partial charge in [-0.25, -0.2) is 17.5 Å². The highest BCUT2D eigenvalue weighted by Gasteiger charge is 2.42. The summed E-state index contributed by atoms with van der Waals surface area (Å²) in [5.41, 5.74) is 0.594. The van der Waals surface area contributed by atoms with Crippen LogP contribution in [0.15, 0.2) is 24.3 Å². The van der Waals surface area contributed by atoms with Gasteiger partial charge in [0.25, 0.3) is 0 Å². The van der Waals surface area contributed by atoms with E-state index in [0.29, 0.717) is 30.2 Å². The fourth-order valence-corrected chi connectivity index (χ4v) is 5.23. The van der Waals surface area contributed by atoms with Gasteiger partial charge in [0.1, 0.15) is 5.82 Å². The van der Waals surface area contributed by atoms with Crippen LogP contribution in [0, 0.1) is 11.7 Å². The van der Waals surface area contributed by atoms with E-state index in [-0.39, 0.29) is 17.6 Å². The van der Waals surface area contributed by atoms with Crippen LogP contribution in [-0.2, 0) is 20.5 Å². The van der Waals surface area contributed by atoms with E-state index in [1.54, 1.807) is 0 Å². The molecule has 1 aromatic rings. The molecule has 5 nitrogen and oxygen atoms in total. The van der Waals surface area contributed by atoms with Crippen molar-refractivity contribution in [2.75, 3.05) is 19.7 Å². The number of nitrogens with one attached hydrogen (secondary N) is 1. The van der Waals surface area contributed by atoms with Crippen molar-refractivity contribution in [1.82, 2.24) is 9.62 Å². The third kappa shape index (κ3) is 3.79. The van der Waals surface area contributed by atoms with Gasteiger partial charge in [-0.1, -0.05) is 12.1 Å². The Morgan fingerprint density at radius 3 is 2.67 bits per heavy atom. The molecule has 3 atom stereocenters. The standard InChI is InChI=1S/C17H23FN2O3S/c18-14-5-1-12(2-6-14)11-24(21,22)19-15-7-16-10-23-17(13-3-4-13)9-20(16)8-15/h1-2,5-6,13,15-17,19H,3-4,7-11H2/t15-,16+,17+/m1/s1. The molecule has 0 amide bonds. The van der Waals surface area contributed by atoms with Crippen LogP contribution in [-0.4, -0.2) is 51.2 Å². The summed E-state index contributed by atoms with van der Waals surface area (Å²) in [6, 6.07) is 5.85. The second-order valence-corrected chi connectivity index (χ2v) is 9.01. The summed E-state index contributed by atoms with van der Waals surface area (Å²) >= 11 is 0. The van der Waals surface area contributed by atoms with Gasteiger partial charge in [-0.3, -0.25) is 4.90 Å². The molecular weight excluding hydrogens is 331 g/mol. The average molecular weight is 354 g/mol. The Kier molecular flexibility index (Phi) is 4.36. The molecule has 2 aliphatic heterocycles. The molecule has 1 saturated carbocycles. The first-order valence-electron chi connectivity index (χ1n) is 8.58. The molecule has 4 rings (SSSR count). The summed E-state index contributed by atoms with van der Waals surface area (Å²) in [6.45, 7) is 2.38. The van der Waals surface area contributed by atoms with Crippen molar-refractivity contribution >= 4 is 10.0 Å². The lowest BCUT2D eigenvalue weighted by Crippen LogP contribution is -2.47. The number of rotatable bonds is 5. The summed E-state index contributed by atoms with van der Waals surface area (Å²) in [7, 11) is -3.43. The second-order valence-electron chi connectivity index (χ2n) is 7.25. The molecule has 0 unspecified atom stereocenters. The highest BCUT2D eigenvalue weighted by atomic mass is 32.2. The number of sulfonamides is 1. The first-order valence-corrected chi connectivity index (χ1v) is 10.2. The number of benzene rings is 1. The Hall–Kier alpha value is -1.02. The normalized spacial score (nSPS) is 31.1.